The van der Waals surface area contributed by atoms with Crippen molar-refractivity contribution in [2.24, 2.45) is 0 Å². The highest BCUT2D eigenvalue weighted by Crippen LogP contribution is 2.25. The third kappa shape index (κ3) is 2.40. The lowest BCUT2D eigenvalue weighted by Crippen LogP contribution is -2.22. The minimum atomic E-state index is -0.595. The fourth-order valence-corrected chi connectivity index (χ4v) is 1.78. The van der Waals surface area contributed by atoms with Gasteiger partial charge in [0.2, 0.25) is 0 Å². The molecule has 19 heavy (non-hydrogen) atoms. The smallest absolute Gasteiger partial charge is 0.266 e. The van der Waals surface area contributed by atoms with Crippen LogP contribution in [0.4, 0.5) is 10.3 Å². The zero-order chi connectivity index (χ0) is 13.8. The molecule has 5 nitrogen and oxygen atoms in total. The van der Waals surface area contributed by atoms with E-state index in [0.717, 1.165) is 13.1 Å². The predicted molar refractivity (Wildman–Crippen MR) is 68.0 cm³/mol. The lowest BCUT2D eigenvalue weighted by molar-refractivity contribution is 0.429. The van der Waals surface area contributed by atoms with Gasteiger partial charge in [-0.25, -0.2) is 4.39 Å². The summed E-state index contributed by atoms with van der Waals surface area (Å²) in [6.45, 7) is 5.43. The van der Waals surface area contributed by atoms with Gasteiger partial charge in [-0.05, 0) is 31.1 Å². The summed E-state index contributed by atoms with van der Waals surface area (Å²) in [5.74, 6) is -0.00584. The molecule has 0 saturated carbocycles. The average molecular weight is 260 g/mol. The van der Waals surface area contributed by atoms with Crippen molar-refractivity contribution in [2.75, 3.05) is 18.0 Å². The number of anilines is 1. The lowest BCUT2D eigenvalue weighted by Gasteiger charge is -2.14. The van der Waals surface area contributed by atoms with Crippen LogP contribution in [0.1, 0.15) is 19.4 Å². The molecular weight excluding hydrogens is 247 g/mol. The van der Waals surface area contributed by atoms with Gasteiger partial charge in [0.15, 0.2) is 0 Å². The fourth-order valence-electron chi connectivity index (χ4n) is 1.78. The van der Waals surface area contributed by atoms with E-state index in [1.807, 2.05) is 24.8 Å². The van der Waals surface area contributed by atoms with E-state index in [0.29, 0.717) is 11.5 Å². The molecule has 0 aliphatic rings. The molecule has 0 fully saturated rings. The Hall–Kier alpha value is -2.42. The van der Waals surface area contributed by atoms with Crippen LogP contribution in [0.2, 0.25) is 0 Å². The molecular formula is C13H13FN4O. The van der Waals surface area contributed by atoms with Crippen LogP contribution in [0.3, 0.4) is 0 Å². The Labute approximate surface area is 110 Å². The molecule has 0 amide bonds. The molecule has 0 bridgehead atoms. The zero-order valence-corrected chi connectivity index (χ0v) is 10.7. The standard InChI is InChI=1S/C13H13FN4O/c1-3-18(4-2)13-16-12(19-17-13)9-6-5-7-11(14)10(9)8-15/h5-7H,3-4H2,1-2H3. The SMILES string of the molecule is CCN(CC)c1noc(-c2cccc(F)c2C#N)n1. The average Bonchev–Trinajstić information content (AvgIpc) is 2.89. The molecule has 2 rings (SSSR count). The second-order valence-corrected chi connectivity index (χ2v) is 3.85. The zero-order valence-electron chi connectivity index (χ0n) is 10.7. The first-order valence-corrected chi connectivity index (χ1v) is 5.98. The minimum absolute atomic E-state index is 0.0859. The Morgan fingerprint density at radius 1 is 1.37 bits per heavy atom. The Kier molecular flexibility index (Phi) is 3.76. The Balaban J connectivity index is 2.44. The Morgan fingerprint density at radius 2 is 2.11 bits per heavy atom. The Morgan fingerprint density at radius 3 is 2.74 bits per heavy atom. The summed E-state index contributed by atoms with van der Waals surface area (Å²) in [7, 11) is 0. The van der Waals surface area contributed by atoms with Gasteiger partial charge in [0.1, 0.15) is 17.4 Å². The first-order chi connectivity index (χ1) is 9.21. The monoisotopic (exact) mass is 260 g/mol. The van der Waals surface area contributed by atoms with Crippen LogP contribution < -0.4 is 4.90 Å². The molecule has 0 saturated heterocycles. The highest BCUT2D eigenvalue weighted by atomic mass is 19.1. The van der Waals surface area contributed by atoms with Crippen LogP contribution in [0.25, 0.3) is 11.5 Å². The van der Waals surface area contributed by atoms with Crippen molar-refractivity contribution >= 4 is 5.95 Å². The van der Waals surface area contributed by atoms with Gasteiger partial charge in [0.05, 0.1) is 5.56 Å². The number of halogens is 1. The van der Waals surface area contributed by atoms with E-state index in [1.165, 1.54) is 12.1 Å². The number of nitrogens with zero attached hydrogens (tertiary/aromatic N) is 4. The third-order valence-electron chi connectivity index (χ3n) is 2.82. The highest BCUT2D eigenvalue weighted by molar-refractivity contribution is 5.64. The number of rotatable bonds is 4. The Bertz CT molecular complexity index is 613. The van der Waals surface area contributed by atoms with Crippen molar-refractivity contribution < 1.29 is 8.91 Å². The molecule has 0 N–H and O–H groups in total. The molecule has 6 heteroatoms. The van der Waals surface area contributed by atoms with Crippen LogP contribution in [0, 0.1) is 17.1 Å². The maximum absolute atomic E-state index is 13.5. The summed E-state index contributed by atoms with van der Waals surface area (Å²) in [6.07, 6.45) is 0. The molecule has 1 heterocycles. The van der Waals surface area contributed by atoms with Crippen LogP contribution in [0.5, 0.6) is 0 Å². The van der Waals surface area contributed by atoms with Crippen molar-refractivity contribution in [3.8, 4) is 17.5 Å². The summed E-state index contributed by atoms with van der Waals surface area (Å²) in [5, 5.41) is 12.8. The van der Waals surface area contributed by atoms with Crippen molar-refractivity contribution in [3.05, 3.63) is 29.6 Å². The maximum atomic E-state index is 13.5. The molecule has 1 aromatic heterocycles. The summed E-state index contributed by atoms with van der Waals surface area (Å²) in [6, 6.07) is 6.13. The molecule has 0 radical (unpaired) electrons. The topological polar surface area (TPSA) is 66.0 Å². The third-order valence-corrected chi connectivity index (χ3v) is 2.82. The van der Waals surface area contributed by atoms with E-state index in [9.17, 15) is 4.39 Å². The van der Waals surface area contributed by atoms with Gasteiger partial charge in [-0.2, -0.15) is 10.2 Å². The van der Waals surface area contributed by atoms with Crippen molar-refractivity contribution in [1.29, 1.82) is 5.26 Å². The van der Waals surface area contributed by atoms with E-state index in [-0.39, 0.29) is 11.5 Å². The van der Waals surface area contributed by atoms with Crippen LogP contribution in [0.15, 0.2) is 22.7 Å². The van der Waals surface area contributed by atoms with Crippen molar-refractivity contribution in [3.63, 3.8) is 0 Å². The van der Waals surface area contributed by atoms with Gasteiger partial charge >= 0.3 is 0 Å². The first kappa shape index (κ1) is 13.0. The summed E-state index contributed by atoms with van der Waals surface area (Å²) < 4.78 is 18.6. The van der Waals surface area contributed by atoms with E-state index < -0.39 is 5.82 Å². The molecule has 0 unspecified atom stereocenters. The molecule has 2 aromatic rings. The number of aromatic nitrogens is 2. The molecule has 0 spiro atoms. The molecule has 0 aliphatic heterocycles. The van der Waals surface area contributed by atoms with E-state index in [2.05, 4.69) is 10.1 Å². The van der Waals surface area contributed by atoms with Gasteiger partial charge in [-0.1, -0.05) is 6.07 Å². The quantitative estimate of drug-likeness (QED) is 0.845. The number of hydrogen-bond donors (Lipinski definition) is 0. The van der Waals surface area contributed by atoms with Gasteiger partial charge in [-0.15, -0.1) is 0 Å². The first-order valence-electron chi connectivity index (χ1n) is 5.98. The highest BCUT2D eigenvalue weighted by Gasteiger charge is 2.17. The van der Waals surface area contributed by atoms with E-state index in [4.69, 9.17) is 9.78 Å². The van der Waals surface area contributed by atoms with Crippen LogP contribution >= 0.6 is 0 Å². The second kappa shape index (κ2) is 5.48. The maximum Gasteiger partial charge on any atom is 0.266 e. The lowest BCUT2D eigenvalue weighted by atomic mass is 10.1. The largest absolute Gasteiger partial charge is 0.339 e. The van der Waals surface area contributed by atoms with Gasteiger partial charge in [0, 0.05) is 13.1 Å². The van der Waals surface area contributed by atoms with Gasteiger partial charge < -0.3 is 9.42 Å². The molecule has 1 aromatic carbocycles. The van der Waals surface area contributed by atoms with Crippen LogP contribution in [-0.2, 0) is 0 Å². The molecule has 0 aliphatic carbocycles. The summed E-state index contributed by atoms with van der Waals surface area (Å²) in [5.41, 5.74) is 0.227. The van der Waals surface area contributed by atoms with E-state index >= 15 is 0 Å². The normalized spacial score (nSPS) is 10.2. The minimum Gasteiger partial charge on any atom is -0.339 e. The fraction of sp³-hybridized carbons (Fsp3) is 0.308. The van der Waals surface area contributed by atoms with Crippen molar-refractivity contribution in [1.82, 2.24) is 10.1 Å². The van der Waals surface area contributed by atoms with E-state index in [1.54, 1.807) is 6.07 Å². The van der Waals surface area contributed by atoms with Gasteiger partial charge in [0.25, 0.3) is 11.8 Å². The summed E-state index contributed by atoms with van der Waals surface area (Å²) in [4.78, 5) is 6.10. The van der Waals surface area contributed by atoms with Gasteiger partial charge in [-0.3, -0.25) is 0 Å². The predicted octanol–water partition coefficient (Wildman–Crippen LogP) is 2.59. The summed E-state index contributed by atoms with van der Waals surface area (Å²) >= 11 is 0. The van der Waals surface area contributed by atoms with Crippen LogP contribution in [-0.4, -0.2) is 23.2 Å². The number of benzene rings is 1. The van der Waals surface area contributed by atoms with Crippen molar-refractivity contribution in [2.45, 2.75) is 13.8 Å². The number of hydrogen-bond acceptors (Lipinski definition) is 5. The second-order valence-electron chi connectivity index (χ2n) is 3.85. The molecule has 98 valence electrons. The molecule has 0 atom stereocenters. The number of nitriles is 1.